The Hall–Kier alpha value is -3.91. The van der Waals surface area contributed by atoms with Crippen LogP contribution in [0, 0.1) is 11.8 Å². The lowest BCUT2D eigenvalue weighted by Crippen LogP contribution is -2.44. The van der Waals surface area contributed by atoms with Crippen LogP contribution in [0.4, 0.5) is 11.4 Å². The Balaban J connectivity index is 1.16. The Kier molecular flexibility index (Phi) is 5.00. The van der Waals surface area contributed by atoms with Crippen molar-refractivity contribution >= 4 is 40.0 Å². The van der Waals surface area contributed by atoms with Gasteiger partial charge in [-0.05, 0) is 42.3 Å². The number of rotatable bonds is 6. The maximum absolute atomic E-state index is 13.5. The van der Waals surface area contributed by atoms with E-state index < -0.39 is 17.4 Å². The Morgan fingerprint density at radius 1 is 1.17 bits per heavy atom. The second-order valence-electron chi connectivity index (χ2n) is 9.45. The normalized spacial score (nSPS) is 26.4. The summed E-state index contributed by atoms with van der Waals surface area (Å²) in [7, 11) is 0. The molecule has 3 aromatic rings. The number of aromatic nitrogens is 1. The Labute approximate surface area is 202 Å². The second-order valence-corrected chi connectivity index (χ2v) is 9.45. The van der Waals surface area contributed by atoms with Gasteiger partial charge in [-0.25, -0.2) is 0 Å². The Morgan fingerprint density at radius 2 is 1.97 bits per heavy atom. The Morgan fingerprint density at radius 3 is 2.77 bits per heavy atom. The lowest BCUT2D eigenvalue weighted by molar-refractivity contribution is -0.131. The van der Waals surface area contributed by atoms with Crippen molar-refractivity contribution in [3.05, 3.63) is 72.4 Å². The minimum absolute atomic E-state index is 0.110. The standard InChI is InChI=1S/C27H26N4O4/c1-16(32)30-18-6-8-19(9-7-18)31-15-27-12-10-22(35-27)23(24(27)26(31)34)25(33)28-13-11-17-14-29-21-5-3-2-4-20(17)21/h2-10,12,14,22-24,29H,11,13,15H2,1H3,(H,28,33)(H,30,32). The predicted molar refractivity (Wildman–Crippen MR) is 132 cm³/mol. The molecule has 0 aliphatic carbocycles. The van der Waals surface area contributed by atoms with Crippen molar-refractivity contribution in [2.75, 3.05) is 23.3 Å². The van der Waals surface area contributed by atoms with E-state index in [1.165, 1.54) is 6.92 Å². The fourth-order valence-electron chi connectivity index (χ4n) is 5.72. The van der Waals surface area contributed by atoms with E-state index in [0.29, 0.717) is 30.9 Å². The number of fused-ring (bicyclic) bond motifs is 2. The summed E-state index contributed by atoms with van der Waals surface area (Å²) in [4.78, 5) is 43.0. The highest BCUT2D eigenvalue weighted by molar-refractivity contribution is 6.03. The molecule has 8 nitrogen and oxygen atoms in total. The summed E-state index contributed by atoms with van der Waals surface area (Å²) in [6.07, 6.45) is 6.14. The summed E-state index contributed by atoms with van der Waals surface area (Å²) < 4.78 is 6.23. The van der Waals surface area contributed by atoms with Crippen molar-refractivity contribution in [1.29, 1.82) is 0 Å². The minimum atomic E-state index is -0.781. The van der Waals surface area contributed by atoms with Gasteiger partial charge >= 0.3 is 0 Å². The van der Waals surface area contributed by atoms with Crippen LogP contribution in [-0.4, -0.2) is 47.5 Å². The number of H-pyrrole nitrogens is 1. The molecule has 2 aromatic carbocycles. The van der Waals surface area contributed by atoms with E-state index >= 15 is 0 Å². The van der Waals surface area contributed by atoms with Crippen molar-refractivity contribution in [1.82, 2.24) is 10.3 Å². The number of carbonyl (C=O) groups excluding carboxylic acids is 3. The van der Waals surface area contributed by atoms with E-state index in [-0.39, 0.29) is 23.8 Å². The maximum atomic E-state index is 13.5. The average molecular weight is 471 g/mol. The van der Waals surface area contributed by atoms with Gasteiger partial charge in [-0.1, -0.05) is 30.4 Å². The number of aromatic amines is 1. The summed E-state index contributed by atoms with van der Waals surface area (Å²) >= 11 is 0. The summed E-state index contributed by atoms with van der Waals surface area (Å²) in [5.74, 6) is -1.53. The van der Waals surface area contributed by atoms with E-state index in [9.17, 15) is 14.4 Å². The van der Waals surface area contributed by atoms with Gasteiger partial charge in [0, 0.05) is 41.9 Å². The van der Waals surface area contributed by atoms with Crippen LogP contribution in [0.3, 0.4) is 0 Å². The van der Waals surface area contributed by atoms with Gasteiger partial charge in [0.05, 0.1) is 24.5 Å². The van der Waals surface area contributed by atoms with E-state index in [4.69, 9.17) is 4.74 Å². The van der Waals surface area contributed by atoms with Crippen LogP contribution >= 0.6 is 0 Å². The molecule has 2 saturated heterocycles. The van der Waals surface area contributed by atoms with Crippen LogP contribution in [0.25, 0.3) is 10.9 Å². The van der Waals surface area contributed by atoms with E-state index in [2.05, 4.69) is 21.7 Å². The molecule has 0 saturated carbocycles. The molecule has 2 fully saturated rings. The first-order chi connectivity index (χ1) is 16.9. The van der Waals surface area contributed by atoms with Crippen LogP contribution in [0.1, 0.15) is 12.5 Å². The van der Waals surface area contributed by atoms with Gasteiger partial charge in [0.25, 0.3) is 0 Å². The van der Waals surface area contributed by atoms with Gasteiger partial charge in [0.1, 0.15) is 5.60 Å². The third kappa shape index (κ3) is 3.52. The van der Waals surface area contributed by atoms with Gasteiger partial charge in [0.15, 0.2) is 0 Å². The molecule has 8 heteroatoms. The van der Waals surface area contributed by atoms with E-state index in [0.717, 1.165) is 16.5 Å². The average Bonchev–Trinajstić information content (AvgIpc) is 3.59. The SMILES string of the molecule is CC(=O)Nc1ccc(N2CC34C=CC(O3)C(C(=O)NCCc3c[nH]c5ccccc35)C4C2=O)cc1. The summed E-state index contributed by atoms with van der Waals surface area (Å²) in [5, 5.41) is 6.92. The van der Waals surface area contributed by atoms with Gasteiger partial charge in [-0.3, -0.25) is 14.4 Å². The smallest absolute Gasteiger partial charge is 0.234 e. The molecule has 0 radical (unpaired) electrons. The molecule has 35 heavy (non-hydrogen) atoms. The fraction of sp³-hybridized carbons (Fsp3) is 0.296. The zero-order chi connectivity index (χ0) is 24.2. The molecule has 3 aliphatic rings. The third-order valence-corrected chi connectivity index (χ3v) is 7.27. The minimum Gasteiger partial charge on any atom is -0.361 e. The molecule has 3 N–H and O–H groups in total. The lowest BCUT2D eigenvalue weighted by atomic mass is 9.77. The first-order valence-electron chi connectivity index (χ1n) is 11.8. The highest BCUT2D eigenvalue weighted by Crippen LogP contribution is 2.52. The predicted octanol–water partition coefficient (Wildman–Crippen LogP) is 2.77. The van der Waals surface area contributed by atoms with E-state index in [1.807, 2.05) is 36.5 Å². The number of amides is 3. The monoisotopic (exact) mass is 470 g/mol. The summed E-state index contributed by atoms with van der Waals surface area (Å²) in [6, 6.07) is 15.2. The van der Waals surface area contributed by atoms with E-state index in [1.54, 1.807) is 29.2 Å². The highest BCUT2D eigenvalue weighted by Gasteiger charge is 2.67. The molecule has 6 rings (SSSR count). The molecular weight excluding hydrogens is 444 g/mol. The number of benzene rings is 2. The van der Waals surface area contributed by atoms with Crippen LogP contribution in [0.5, 0.6) is 0 Å². The molecule has 4 heterocycles. The molecule has 3 amide bonds. The number of para-hydroxylation sites is 1. The number of hydrogen-bond acceptors (Lipinski definition) is 4. The molecule has 1 spiro atoms. The lowest BCUT2D eigenvalue weighted by Gasteiger charge is -2.23. The first kappa shape index (κ1) is 21.6. The molecular formula is C27H26N4O4. The zero-order valence-corrected chi connectivity index (χ0v) is 19.3. The van der Waals surface area contributed by atoms with Crippen molar-refractivity contribution in [2.24, 2.45) is 11.8 Å². The van der Waals surface area contributed by atoms with Gasteiger partial charge in [-0.15, -0.1) is 0 Å². The number of anilines is 2. The number of ether oxygens (including phenoxy) is 1. The third-order valence-electron chi connectivity index (χ3n) is 7.27. The zero-order valence-electron chi connectivity index (χ0n) is 19.3. The first-order valence-corrected chi connectivity index (χ1v) is 11.8. The molecule has 1 aromatic heterocycles. The van der Waals surface area contributed by atoms with Crippen LogP contribution < -0.4 is 15.5 Å². The van der Waals surface area contributed by atoms with Crippen molar-refractivity contribution < 1.29 is 19.1 Å². The van der Waals surface area contributed by atoms with Crippen molar-refractivity contribution in [2.45, 2.75) is 25.0 Å². The number of carbonyl (C=O) groups is 3. The molecule has 178 valence electrons. The number of hydrogen-bond donors (Lipinski definition) is 3. The van der Waals surface area contributed by atoms with Gasteiger partial charge < -0.3 is 25.3 Å². The summed E-state index contributed by atoms with van der Waals surface area (Å²) in [5.41, 5.74) is 2.82. The fourth-order valence-corrected chi connectivity index (χ4v) is 5.72. The molecule has 4 unspecified atom stereocenters. The van der Waals surface area contributed by atoms with Crippen LogP contribution in [0.2, 0.25) is 0 Å². The maximum Gasteiger partial charge on any atom is 0.234 e. The van der Waals surface area contributed by atoms with Gasteiger partial charge in [0.2, 0.25) is 17.7 Å². The molecule has 3 aliphatic heterocycles. The highest BCUT2D eigenvalue weighted by atomic mass is 16.5. The molecule has 2 bridgehead atoms. The number of nitrogens with zero attached hydrogens (tertiary/aromatic N) is 1. The Bertz CT molecular complexity index is 1360. The molecule has 4 atom stereocenters. The number of nitrogens with one attached hydrogen (secondary N) is 3. The quantitative estimate of drug-likeness (QED) is 0.482. The van der Waals surface area contributed by atoms with Crippen LogP contribution in [0.15, 0.2) is 66.9 Å². The second kappa shape index (κ2) is 8.09. The van der Waals surface area contributed by atoms with Crippen LogP contribution in [-0.2, 0) is 25.5 Å². The largest absolute Gasteiger partial charge is 0.361 e. The van der Waals surface area contributed by atoms with Crippen molar-refractivity contribution in [3.63, 3.8) is 0 Å². The summed E-state index contributed by atoms with van der Waals surface area (Å²) in [6.45, 7) is 2.29. The topological polar surface area (TPSA) is 104 Å². The van der Waals surface area contributed by atoms with Crippen molar-refractivity contribution in [3.8, 4) is 0 Å². The van der Waals surface area contributed by atoms with Gasteiger partial charge in [-0.2, -0.15) is 0 Å².